The normalized spacial score (nSPS) is 12.1. The second-order valence-electron chi connectivity index (χ2n) is 2.92. The Morgan fingerprint density at radius 3 is 3.07 bits per heavy atom. The molecule has 1 aromatic carbocycles. The smallest absolute Gasteiger partial charge is 0.338 e. The lowest BCUT2D eigenvalue weighted by atomic mass is 10.2. The molecule has 5 heteroatoms. The summed E-state index contributed by atoms with van der Waals surface area (Å²) in [5.41, 5.74) is 1.92. The first-order valence-corrected chi connectivity index (χ1v) is 5.25. The highest BCUT2D eigenvalue weighted by Crippen LogP contribution is 2.36. The van der Waals surface area contributed by atoms with Gasteiger partial charge in [0.1, 0.15) is 12.0 Å². The molecule has 1 radical (unpaired) electrons. The number of nitrogens with zero attached hydrogens (tertiary/aromatic N) is 2. The zero-order valence-electron chi connectivity index (χ0n) is 8.03. The standard InChI is InChI=1S/C10H8BrN2O2/c1-2-15-10(14)6-3-7(11)9-8(4-6)12-5-13-9/h3-5H,2H2,1H3. The number of aliphatic imine (C=N–C) groups is 1. The van der Waals surface area contributed by atoms with Crippen molar-refractivity contribution in [3.63, 3.8) is 0 Å². The first kappa shape index (κ1) is 10.2. The molecule has 0 saturated carbocycles. The summed E-state index contributed by atoms with van der Waals surface area (Å²) in [5.74, 6) is -0.344. The quantitative estimate of drug-likeness (QED) is 0.774. The molecule has 1 heterocycles. The number of benzene rings is 1. The first-order valence-electron chi connectivity index (χ1n) is 4.46. The van der Waals surface area contributed by atoms with Gasteiger partial charge >= 0.3 is 5.97 Å². The van der Waals surface area contributed by atoms with Gasteiger partial charge in [-0.25, -0.2) is 15.1 Å². The summed E-state index contributed by atoms with van der Waals surface area (Å²) in [6.45, 7) is 2.13. The van der Waals surface area contributed by atoms with Gasteiger partial charge in [0.05, 0.1) is 17.9 Å². The molecule has 0 bridgehead atoms. The van der Waals surface area contributed by atoms with Crippen LogP contribution in [-0.4, -0.2) is 18.9 Å². The highest BCUT2D eigenvalue weighted by atomic mass is 79.9. The molecule has 4 nitrogen and oxygen atoms in total. The van der Waals surface area contributed by atoms with Crippen LogP contribution in [0.3, 0.4) is 0 Å². The third kappa shape index (κ3) is 1.87. The monoisotopic (exact) mass is 267 g/mol. The lowest BCUT2D eigenvalue weighted by molar-refractivity contribution is 0.0526. The van der Waals surface area contributed by atoms with E-state index in [9.17, 15) is 4.79 Å². The minimum absolute atomic E-state index is 0.344. The lowest BCUT2D eigenvalue weighted by Gasteiger charge is -2.05. The average Bonchev–Trinajstić information content (AvgIpc) is 2.66. The maximum atomic E-state index is 11.5. The molecule has 15 heavy (non-hydrogen) atoms. The van der Waals surface area contributed by atoms with E-state index in [0.717, 1.165) is 10.2 Å². The van der Waals surface area contributed by atoms with E-state index in [1.165, 1.54) is 6.34 Å². The van der Waals surface area contributed by atoms with Gasteiger partial charge in [-0.2, -0.15) is 0 Å². The fourth-order valence-electron chi connectivity index (χ4n) is 1.29. The molecule has 1 aromatic rings. The van der Waals surface area contributed by atoms with E-state index >= 15 is 0 Å². The molecule has 0 atom stereocenters. The second kappa shape index (κ2) is 4.02. The summed E-state index contributed by atoms with van der Waals surface area (Å²) in [5, 5.41) is 4.05. The Morgan fingerprint density at radius 2 is 2.33 bits per heavy atom. The SMILES string of the molecule is CCOC(=O)c1cc(Br)c2c(c1)N=C[N]2. The largest absolute Gasteiger partial charge is 0.462 e. The van der Waals surface area contributed by atoms with Gasteiger partial charge in [0.2, 0.25) is 0 Å². The van der Waals surface area contributed by atoms with E-state index in [0.29, 0.717) is 17.9 Å². The number of halogens is 1. The van der Waals surface area contributed by atoms with Gasteiger partial charge in [-0.3, -0.25) is 0 Å². The van der Waals surface area contributed by atoms with Crippen molar-refractivity contribution in [2.24, 2.45) is 4.99 Å². The Morgan fingerprint density at radius 1 is 1.53 bits per heavy atom. The number of esters is 1. The van der Waals surface area contributed by atoms with E-state index in [2.05, 4.69) is 26.2 Å². The van der Waals surface area contributed by atoms with Gasteiger partial charge in [0, 0.05) is 4.47 Å². The van der Waals surface area contributed by atoms with Crippen LogP contribution in [0.5, 0.6) is 0 Å². The highest BCUT2D eigenvalue weighted by molar-refractivity contribution is 9.10. The van der Waals surface area contributed by atoms with Crippen molar-refractivity contribution in [3.05, 3.63) is 22.2 Å². The van der Waals surface area contributed by atoms with Crippen molar-refractivity contribution in [2.45, 2.75) is 6.92 Å². The van der Waals surface area contributed by atoms with Crippen LogP contribution in [0, 0.1) is 0 Å². The third-order valence-corrected chi connectivity index (χ3v) is 2.54. The van der Waals surface area contributed by atoms with Gasteiger partial charge < -0.3 is 4.74 Å². The van der Waals surface area contributed by atoms with Crippen LogP contribution in [0.4, 0.5) is 11.4 Å². The zero-order chi connectivity index (χ0) is 10.8. The fraction of sp³-hybridized carbons (Fsp3) is 0.200. The zero-order valence-corrected chi connectivity index (χ0v) is 9.61. The average molecular weight is 268 g/mol. The summed E-state index contributed by atoms with van der Waals surface area (Å²) in [6.07, 6.45) is 1.46. The fourth-order valence-corrected chi connectivity index (χ4v) is 1.84. The van der Waals surface area contributed by atoms with Crippen molar-refractivity contribution in [1.29, 1.82) is 0 Å². The molecule has 0 spiro atoms. The molecule has 0 aliphatic carbocycles. The van der Waals surface area contributed by atoms with E-state index in [4.69, 9.17) is 4.74 Å². The number of hydrogen-bond donors (Lipinski definition) is 0. The minimum Gasteiger partial charge on any atom is -0.462 e. The van der Waals surface area contributed by atoms with E-state index in [1.54, 1.807) is 19.1 Å². The summed E-state index contributed by atoms with van der Waals surface area (Å²) >= 11 is 3.34. The number of carbonyl (C=O) groups excluding carboxylic acids is 1. The molecule has 0 unspecified atom stereocenters. The van der Waals surface area contributed by atoms with Crippen LogP contribution >= 0.6 is 15.9 Å². The molecule has 0 N–H and O–H groups in total. The van der Waals surface area contributed by atoms with Crippen LogP contribution in [0.2, 0.25) is 0 Å². The minimum atomic E-state index is -0.344. The lowest BCUT2D eigenvalue weighted by Crippen LogP contribution is -2.04. The van der Waals surface area contributed by atoms with Gasteiger partial charge in [-0.15, -0.1) is 0 Å². The Hall–Kier alpha value is -1.36. The maximum Gasteiger partial charge on any atom is 0.338 e. The van der Waals surface area contributed by atoms with E-state index < -0.39 is 0 Å². The van der Waals surface area contributed by atoms with Gasteiger partial charge in [0.25, 0.3) is 0 Å². The summed E-state index contributed by atoms with van der Waals surface area (Å²) in [6, 6.07) is 3.36. The summed E-state index contributed by atoms with van der Waals surface area (Å²) < 4.78 is 5.65. The third-order valence-electron chi connectivity index (χ3n) is 1.94. The number of ether oxygens (including phenoxy) is 1. The van der Waals surface area contributed by atoms with Crippen molar-refractivity contribution in [2.75, 3.05) is 6.61 Å². The van der Waals surface area contributed by atoms with Gasteiger partial charge in [-0.1, -0.05) is 0 Å². The second-order valence-corrected chi connectivity index (χ2v) is 3.77. The van der Waals surface area contributed by atoms with Crippen molar-refractivity contribution < 1.29 is 9.53 Å². The van der Waals surface area contributed by atoms with Crippen molar-refractivity contribution >= 4 is 39.6 Å². The van der Waals surface area contributed by atoms with Crippen LogP contribution in [0.15, 0.2) is 21.6 Å². The summed E-state index contributed by atoms with van der Waals surface area (Å²) in [7, 11) is 0. The van der Waals surface area contributed by atoms with Crippen molar-refractivity contribution in [1.82, 2.24) is 5.32 Å². The predicted octanol–water partition coefficient (Wildman–Crippen LogP) is 2.54. The Kier molecular flexibility index (Phi) is 2.73. The first-order chi connectivity index (χ1) is 7.22. The van der Waals surface area contributed by atoms with Crippen molar-refractivity contribution in [3.8, 4) is 0 Å². The van der Waals surface area contributed by atoms with Gasteiger partial charge in [0.15, 0.2) is 0 Å². The molecule has 2 rings (SSSR count). The van der Waals surface area contributed by atoms with E-state index in [-0.39, 0.29) is 5.97 Å². The number of fused-ring (bicyclic) bond motifs is 1. The molecule has 0 aromatic heterocycles. The maximum absolute atomic E-state index is 11.5. The number of hydrogen-bond acceptors (Lipinski definition) is 3. The Bertz CT molecular complexity index is 443. The van der Waals surface area contributed by atoms with Gasteiger partial charge in [-0.05, 0) is 35.0 Å². The molecule has 1 aliphatic rings. The van der Waals surface area contributed by atoms with E-state index in [1.807, 2.05) is 0 Å². The van der Waals surface area contributed by atoms with Crippen LogP contribution in [0.25, 0.3) is 0 Å². The molecule has 0 saturated heterocycles. The predicted molar refractivity (Wildman–Crippen MR) is 60.0 cm³/mol. The topological polar surface area (TPSA) is 52.8 Å². The molecular weight excluding hydrogens is 260 g/mol. The molecule has 77 valence electrons. The number of carbonyl (C=O) groups is 1. The Balaban J connectivity index is 2.38. The molecule has 1 aliphatic heterocycles. The molecule has 0 amide bonds. The highest BCUT2D eigenvalue weighted by Gasteiger charge is 2.16. The molecular formula is C10H8BrN2O2. The molecule has 0 fully saturated rings. The van der Waals surface area contributed by atoms with Crippen LogP contribution < -0.4 is 5.32 Å². The Labute approximate surface area is 95.5 Å². The van der Waals surface area contributed by atoms with Crippen LogP contribution in [0.1, 0.15) is 17.3 Å². The number of rotatable bonds is 2. The summed E-state index contributed by atoms with van der Waals surface area (Å²) in [4.78, 5) is 15.5. The van der Waals surface area contributed by atoms with Crippen LogP contribution in [-0.2, 0) is 4.74 Å².